The van der Waals surface area contributed by atoms with Crippen LogP contribution in [0.2, 0.25) is 0 Å². The lowest BCUT2D eigenvalue weighted by atomic mass is 10.1. The fraction of sp³-hybridized carbons (Fsp3) is 0.0455. The van der Waals surface area contributed by atoms with Gasteiger partial charge in [-0.1, -0.05) is 107 Å². The number of ketones is 1. The summed E-state index contributed by atoms with van der Waals surface area (Å²) in [5.74, 6) is 0.0869. The predicted molar refractivity (Wildman–Crippen MR) is 103 cm³/mol. The van der Waals surface area contributed by atoms with Crippen LogP contribution < -0.4 is 10.4 Å². The van der Waals surface area contributed by atoms with Crippen molar-refractivity contribution >= 4 is 30.1 Å². The minimum atomic E-state index is -1.14. The minimum absolute atomic E-state index is 0.0869. The van der Waals surface area contributed by atoms with E-state index in [-0.39, 0.29) is 5.78 Å². The Morgan fingerprint density at radius 3 is 1.54 bits per heavy atom. The van der Waals surface area contributed by atoms with E-state index in [1.165, 1.54) is 10.4 Å². The van der Waals surface area contributed by atoms with Crippen molar-refractivity contribution < 1.29 is 4.79 Å². The molecule has 0 aromatic heterocycles. The van der Waals surface area contributed by atoms with E-state index >= 15 is 0 Å². The van der Waals surface area contributed by atoms with Gasteiger partial charge in [0.15, 0.2) is 14.6 Å². The average molecular weight is 327 g/mol. The van der Waals surface area contributed by atoms with Gasteiger partial charge in [0.25, 0.3) is 0 Å². The molecule has 0 amide bonds. The van der Waals surface area contributed by atoms with Gasteiger partial charge in [0.1, 0.15) is 0 Å². The molecular weight excluding hydrogens is 308 g/mol. The van der Waals surface area contributed by atoms with Gasteiger partial charge in [-0.15, -0.1) is 0 Å². The predicted octanol–water partition coefficient (Wildman–Crippen LogP) is 3.75. The van der Waals surface area contributed by atoms with Crippen molar-refractivity contribution in [2.75, 3.05) is 0 Å². The Morgan fingerprint density at radius 2 is 1.12 bits per heavy atom. The van der Waals surface area contributed by atoms with E-state index in [0.29, 0.717) is 0 Å². The van der Waals surface area contributed by atoms with Gasteiger partial charge in [0, 0.05) is 5.56 Å². The Balaban J connectivity index is 2.02. The van der Waals surface area contributed by atoms with Gasteiger partial charge < -0.3 is 0 Å². The molecular formula is C22H19OSi. The van der Waals surface area contributed by atoms with Crippen LogP contribution in [0.4, 0.5) is 0 Å². The summed E-state index contributed by atoms with van der Waals surface area (Å²) in [5, 5.41) is 3.76. The summed E-state index contributed by atoms with van der Waals surface area (Å²) in [6.45, 7) is 6.00. The van der Waals surface area contributed by atoms with Crippen molar-refractivity contribution in [3.8, 4) is 0 Å². The van der Waals surface area contributed by atoms with Crippen LogP contribution in [0.25, 0.3) is 5.20 Å². The number of Topliss-reactive ketones (excluding diaryl/α,β-unsaturated/α-hetero) is 1. The number of benzene rings is 3. The van der Waals surface area contributed by atoms with E-state index in [4.69, 9.17) is 0 Å². The highest BCUT2D eigenvalue weighted by Gasteiger charge is 2.21. The summed E-state index contributed by atoms with van der Waals surface area (Å²) in [4.78, 5) is 11.5. The maximum Gasteiger partial charge on any atom is 0.159 e. The molecule has 0 bridgehead atoms. The van der Waals surface area contributed by atoms with Crippen LogP contribution in [0.3, 0.4) is 0 Å². The molecule has 1 radical (unpaired) electrons. The van der Waals surface area contributed by atoms with Gasteiger partial charge in [-0.3, -0.25) is 4.79 Å². The number of rotatable bonds is 5. The number of hydrogen-bond acceptors (Lipinski definition) is 1. The first-order valence-electron chi connectivity index (χ1n) is 7.95. The lowest BCUT2D eigenvalue weighted by Gasteiger charge is -2.19. The second kappa shape index (κ2) is 7.24. The minimum Gasteiger partial charge on any atom is -0.295 e. The van der Waals surface area contributed by atoms with Crippen LogP contribution in [0, 0.1) is 0 Å². The summed E-state index contributed by atoms with van der Waals surface area (Å²) >= 11 is 0. The molecule has 0 fully saturated rings. The quantitative estimate of drug-likeness (QED) is 0.515. The van der Waals surface area contributed by atoms with Gasteiger partial charge in [0.05, 0.1) is 0 Å². The Hall–Kier alpha value is -2.71. The molecule has 0 saturated carbocycles. The largest absolute Gasteiger partial charge is 0.295 e. The van der Waals surface area contributed by atoms with E-state index < -0.39 is 8.80 Å². The van der Waals surface area contributed by atoms with Crippen LogP contribution in [0.5, 0.6) is 0 Å². The van der Waals surface area contributed by atoms with Gasteiger partial charge in [-0.05, 0) is 12.5 Å². The van der Waals surface area contributed by atoms with Crippen molar-refractivity contribution in [2.24, 2.45) is 0 Å². The number of hydrogen-bond donors (Lipinski definition) is 0. The molecule has 2 heteroatoms. The van der Waals surface area contributed by atoms with Crippen molar-refractivity contribution in [3.63, 3.8) is 0 Å². The van der Waals surface area contributed by atoms with Gasteiger partial charge in [-0.2, -0.15) is 0 Å². The fourth-order valence-corrected chi connectivity index (χ4v) is 5.31. The van der Waals surface area contributed by atoms with Crippen LogP contribution >= 0.6 is 0 Å². The number of carbonyl (C=O) groups is 1. The van der Waals surface area contributed by atoms with Crippen molar-refractivity contribution in [2.45, 2.75) is 6.92 Å². The van der Waals surface area contributed by atoms with E-state index in [2.05, 4.69) is 55.1 Å². The topological polar surface area (TPSA) is 17.1 Å². The molecule has 3 aromatic carbocycles. The van der Waals surface area contributed by atoms with E-state index in [9.17, 15) is 4.79 Å². The maximum absolute atomic E-state index is 11.5. The second-order valence-electron chi connectivity index (χ2n) is 5.72. The first-order chi connectivity index (χ1) is 11.7. The van der Waals surface area contributed by atoms with Crippen LogP contribution in [-0.4, -0.2) is 14.6 Å². The second-order valence-corrected chi connectivity index (χ2v) is 8.23. The SMILES string of the molecule is C=C(c1ccc(C(C)=O)cc1)[Si](c1ccccc1)c1ccccc1. The molecule has 0 saturated heterocycles. The first-order valence-corrected chi connectivity index (χ1v) is 9.45. The third-order valence-corrected chi connectivity index (χ3v) is 6.78. The Labute approximate surface area is 144 Å². The Bertz CT molecular complexity index is 797. The standard InChI is InChI=1S/C22H19OSi/c1-17(23)19-13-15-20(16-14-19)18(2)24(21-9-5-3-6-10-21)22-11-7-4-8-12-22/h3-16H,2H2,1H3. The van der Waals surface area contributed by atoms with E-state index in [1.54, 1.807) is 6.92 Å². The molecule has 0 aliphatic heterocycles. The highest BCUT2D eigenvalue weighted by Crippen LogP contribution is 2.17. The molecule has 0 heterocycles. The van der Waals surface area contributed by atoms with E-state index in [1.807, 2.05) is 36.4 Å². The molecule has 0 aliphatic carbocycles. The fourth-order valence-electron chi connectivity index (χ4n) is 2.78. The molecule has 0 N–H and O–H groups in total. The number of carbonyl (C=O) groups excluding carboxylic acids is 1. The zero-order chi connectivity index (χ0) is 16.9. The van der Waals surface area contributed by atoms with Crippen molar-refractivity contribution in [3.05, 3.63) is 103 Å². The zero-order valence-electron chi connectivity index (χ0n) is 13.7. The summed E-state index contributed by atoms with van der Waals surface area (Å²) in [5.41, 5.74) is 1.83. The van der Waals surface area contributed by atoms with Gasteiger partial charge >= 0.3 is 0 Å². The molecule has 24 heavy (non-hydrogen) atoms. The van der Waals surface area contributed by atoms with Crippen molar-refractivity contribution in [1.82, 2.24) is 0 Å². The molecule has 0 spiro atoms. The zero-order valence-corrected chi connectivity index (χ0v) is 14.7. The summed E-state index contributed by atoms with van der Waals surface area (Å²) < 4.78 is 0. The summed E-state index contributed by atoms with van der Waals surface area (Å²) in [6.07, 6.45) is 0. The summed E-state index contributed by atoms with van der Waals surface area (Å²) in [6, 6.07) is 28.9. The molecule has 0 atom stereocenters. The first kappa shape index (κ1) is 16.2. The van der Waals surface area contributed by atoms with Gasteiger partial charge in [0.2, 0.25) is 0 Å². The highest BCUT2D eigenvalue weighted by molar-refractivity contribution is 6.99. The summed E-state index contributed by atoms with van der Waals surface area (Å²) in [7, 11) is -1.14. The van der Waals surface area contributed by atoms with Crippen molar-refractivity contribution in [1.29, 1.82) is 0 Å². The molecule has 1 nitrogen and oxygen atoms in total. The monoisotopic (exact) mass is 327 g/mol. The smallest absolute Gasteiger partial charge is 0.159 e. The lowest BCUT2D eigenvalue weighted by molar-refractivity contribution is 0.101. The Kier molecular flexibility index (Phi) is 4.87. The van der Waals surface area contributed by atoms with Gasteiger partial charge in [-0.25, -0.2) is 0 Å². The molecule has 117 valence electrons. The normalized spacial score (nSPS) is 10.6. The highest BCUT2D eigenvalue weighted by atomic mass is 28.3. The third-order valence-electron chi connectivity index (χ3n) is 4.07. The van der Waals surface area contributed by atoms with Crippen LogP contribution in [0.15, 0.2) is 91.5 Å². The third kappa shape index (κ3) is 3.44. The Morgan fingerprint density at radius 1 is 0.708 bits per heavy atom. The van der Waals surface area contributed by atoms with Crippen LogP contribution in [0.1, 0.15) is 22.8 Å². The maximum atomic E-state index is 11.5. The lowest BCUT2D eigenvalue weighted by Crippen LogP contribution is -2.43. The molecule has 3 rings (SSSR count). The van der Waals surface area contributed by atoms with Crippen LogP contribution in [-0.2, 0) is 0 Å². The average Bonchev–Trinajstić information content (AvgIpc) is 2.64. The molecule has 0 unspecified atom stereocenters. The van der Waals surface area contributed by atoms with E-state index in [0.717, 1.165) is 16.3 Å². The molecule has 0 aliphatic rings. The molecule has 3 aromatic rings.